The molecule has 0 aliphatic heterocycles. The molecule has 0 saturated heterocycles. The fourth-order valence-corrected chi connectivity index (χ4v) is 3.81. The molecule has 1 aromatic carbocycles. The predicted molar refractivity (Wildman–Crippen MR) is 71.6 cm³/mol. The van der Waals surface area contributed by atoms with E-state index in [1.54, 1.807) is 0 Å². The molecule has 19 heavy (non-hydrogen) atoms. The van der Waals surface area contributed by atoms with Crippen molar-refractivity contribution in [2.75, 3.05) is 0 Å². The third-order valence-corrected chi connectivity index (χ3v) is 4.69. The summed E-state index contributed by atoms with van der Waals surface area (Å²) < 4.78 is 1.89. The lowest BCUT2D eigenvalue weighted by atomic mass is 9.93. The Morgan fingerprint density at radius 3 is 3.11 bits per heavy atom. The molecule has 1 heterocycles. The molecule has 2 aliphatic carbocycles. The van der Waals surface area contributed by atoms with Gasteiger partial charge in [0.25, 0.3) is 0 Å². The lowest BCUT2D eigenvalue weighted by molar-refractivity contribution is 0.305. The van der Waals surface area contributed by atoms with Gasteiger partial charge in [0.1, 0.15) is 5.52 Å². The van der Waals surface area contributed by atoms with E-state index in [-0.39, 0.29) is 6.04 Å². The molecule has 2 aromatic rings. The van der Waals surface area contributed by atoms with Crippen LogP contribution in [0.4, 0.5) is 0 Å². The highest BCUT2D eigenvalue weighted by Gasteiger charge is 2.47. The number of benzene rings is 1. The zero-order valence-electron chi connectivity index (χ0n) is 10.2. The first kappa shape index (κ1) is 11.2. The molecule has 2 bridgehead atoms. The van der Waals surface area contributed by atoms with Crippen LogP contribution in [-0.2, 0) is 0 Å². The highest BCUT2D eigenvalue weighted by atomic mass is 35.5. The Labute approximate surface area is 114 Å². The van der Waals surface area contributed by atoms with Gasteiger partial charge in [0, 0.05) is 10.9 Å². The van der Waals surface area contributed by atoms with Gasteiger partial charge in [-0.2, -0.15) is 0 Å². The number of halogens is 1. The first-order chi connectivity index (χ1) is 9.28. The molecule has 2 fully saturated rings. The van der Waals surface area contributed by atoms with Crippen LogP contribution in [0.3, 0.4) is 0 Å². The van der Waals surface area contributed by atoms with Crippen molar-refractivity contribution in [3.8, 4) is 0 Å². The number of oxime groups is 1. The maximum absolute atomic E-state index is 9.28. The van der Waals surface area contributed by atoms with E-state index in [1.807, 2.05) is 22.9 Å². The number of hydrogen-bond acceptors (Lipinski definition) is 4. The van der Waals surface area contributed by atoms with Gasteiger partial charge in [-0.1, -0.05) is 22.0 Å². The van der Waals surface area contributed by atoms with E-state index in [1.165, 1.54) is 6.42 Å². The normalized spacial score (nSPS) is 31.6. The summed E-state index contributed by atoms with van der Waals surface area (Å²) in [7, 11) is 0. The van der Waals surface area contributed by atoms with Crippen LogP contribution in [0.15, 0.2) is 23.4 Å². The van der Waals surface area contributed by atoms with Crippen LogP contribution in [0.2, 0.25) is 5.02 Å². The van der Waals surface area contributed by atoms with Crippen molar-refractivity contribution in [2.45, 2.75) is 25.3 Å². The summed E-state index contributed by atoms with van der Waals surface area (Å²) in [4.78, 5) is 0. The van der Waals surface area contributed by atoms with Crippen LogP contribution in [-0.4, -0.2) is 25.9 Å². The van der Waals surface area contributed by atoms with E-state index < -0.39 is 0 Å². The van der Waals surface area contributed by atoms with Crippen molar-refractivity contribution in [3.05, 3.63) is 23.2 Å². The van der Waals surface area contributed by atoms with E-state index >= 15 is 0 Å². The molecule has 6 heteroatoms. The predicted octanol–water partition coefficient (Wildman–Crippen LogP) is 2.89. The fourth-order valence-electron chi connectivity index (χ4n) is 3.64. The van der Waals surface area contributed by atoms with Gasteiger partial charge in [-0.3, -0.25) is 0 Å². The van der Waals surface area contributed by atoms with Gasteiger partial charge in [0.15, 0.2) is 0 Å². The van der Waals surface area contributed by atoms with E-state index in [4.69, 9.17) is 11.6 Å². The van der Waals surface area contributed by atoms with Gasteiger partial charge in [-0.25, -0.2) is 4.68 Å². The van der Waals surface area contributed by atoms with E-state index in [9.17, 15) is 5.21 Å². The minimum Gasteiger partial charge on any atom is -0.411 e. The standard InChI is InChI=1S/C13H13ClN4O/c14-9-3-4-11-10(6-9)15-17-18(11)13-8-2-1-7(5-8)12(13)16-19/h3-4,6-8,13,19H,1-2,5H2/b16-12+/t7-,8+,13-/m0/s1. The summed E-state index contributed by atoms with van der Waals surface area (Å²) in [6.07, 6.45) is 3.39. The third kappa shape index (κ3) is 1.51. The molecule has 3 atom stereocenters. The van der Waals surface area contributed by atoms with Gasteiger partial charge in [-0.05, 0) is 43.4 Å². The van der Waals surface area contributed by atoms with Crippen molar-refractivity contribution in [2.24, 2.45) is 17.0 Å². The molecule has 0 unspecified atom stereocenters. The zero-order chi connectivity index (χ0) is 13.0. The van der Waals surface area contributed by atoms with Crippen molar-refractivity contribution < 1.29 is 5.21 Å². The topological polar surface area (TPSA) is 63.3 Å². The van der Waals surface area contributed by atoms with Crippen molar-refractivity contribution >= 4 is 28.3 Å². The molecule has 5 nitrogen and oxygen atoms in total. The van der Waals surface area contributed by atoms with Crippen molar-refractivity contribution in [1.29, 1.82) is 0 Å². The molecule has 2 saturated carbocycles. The lowest BCUT2D eigenvalue weighted by Crippen LogP contribution is -2.26. The van der Waals surface area contributed by atoms with Crippen LogP contribution in [0.25, 0.3) is 11.0 Å². The molecule has 4 rings (SSSR count). The zero-order valence-corrected chi connectivity index (χ0v) is 11.0. The van der Waals surface area contributed by atoms with E-state index in [0.717, 1.165) is 29.6 Å². The summed E-state index contributed by atoms with van der Waals surface area (Å²) in [5.74, 6) is 0.919. The highest BCUT2D eigenvalue weighted by molar-refractivity contribution is 6.31. The second-order valence-electron chi connectivity index (χ2n) is 5.41. The molecule has 0 amide bonds. The number of rotatable bonds is 1. The molecule has 1 N–H and O–H groups in total. The average molecular weight is 277 g/mol. The Bertz CT molecular complexity index is 680. The first-order valence-electron chi connectivity index (χ1n) is 6.50. The maximum Gasteiger partial charge on any atom is 0.114 e. The van der Waals surface area contributed by atoms with Crippen LogP contribution >= 0.6 is 11.6 Å². The summed E-state index contributed by atoms with van der Waals surface area (Å²) in [6, 6.07) is 5.63. The van der Waals surface area contributed by atoms with Crippen LogP contribution in [0.1, 0.15) is 25.3 Å². The number of nitrogens with zero attached hydrogens (tertiary/aromatic N) is 4. The highest BCUT2D eigenvalue weighted by Crippen LogP contribution is 2.49. The van der Waals surface area contributed by atoms with Crippen LogP contribution in [0.5, 0.6) is 0 Å². The van der Waals surface area contributed by atoms with Crippen LogP contribution < -0.4 is 0 Å². The van der Waals surface area contributed by atoms with Gasteiger partial charge >= 0.3 is 0 Å². The fraction of sp³-hybridized carbons (Fsp3) is 0.462. The minimum atomic E-state index is 0.0509. The molecular formula is C13H13ClN4O. The third-order valence-electron chi connectivity index (χ3n) is 4.45. The Morgan fingerprint density at radius 2 is 2.26 bits per heavy atom. The number of fused-ring (bicyclic) bond motifs is 3. The summed E-state index contributed by atoms with van der Waals surface area (Å²) in [6.45, 7) is 0. The summed E-state index contributed by atoms with van der Waals surface area (Å²) in [5, 5.41) is 21.9. The lowest BCUT2D eigenvalue weighted by Gasteiger charge is -2.23. The van der Waals surface area contributed by atoms with Crippen molar-refractivity contribution in [1.82, 2.24) is 15.0 Å². The second-order valence-corrected chi connectivity index (χ2v) is 5.84. The average Bonchev–Trinajstić information content (AvgIpc) is 3.10. The second kappa shape index (κ2) is 3.93. The molecule has 1 aromatic heterocycles. The molecule has 0 radical (unpaired) electrons. The monoisotopic (exact) mass is 276 g/mol. The summed E-state index contributed by atoms with van der Waals surface area (Å²) >= 11 is 5.97. The van der Waals surface area contributed by atoms with Crippen LogP contribution in [0, 0.1) is 11.8 Å². The molecule has 98 valence electrons. The van der Waals surface area contributed by atoms with E-state index in [0.29, 0.717) is 16.9 Å². The van der Waals surface area contributed by atoms with Gasteiger partial charge < -0.3 is 5.21 Å². The number of hydrogen-bond donors (Lipinski definition) is 1. The van der Waals surface area contributed by atoms with Gasteiger partial charge in [0.2, 0.25) is 0 Å². The van der Waals surface area contributed by atoms with Gasteiger partial charge in [0.05, 0.1) is 17.3 Å². The molecule has 0 spiro atoms. The van der Waals surface area contributed by atoms with E-state index in [2.05, 4.69) is 15.5 Å². The Kier molecular flexibility index (Phi) is 2.33. The Hall–Kier alpha value is -1.62. The number of aromatic nitrogens is 3. The van der Waals surface area contributed by atoms with Crippen molar-refractivity contribution in [3.63, 3.8) is 0 Å². The SMILES string of the molecule is O/N=C1\[C@H]2CC[C@H](C2)[C@@H]1n1nnc2cc(Cl)ccc21. The van der Waals surface area contributed by atoms with Gasteiger partial charge in [-0.15, -0.1) is 5.10 Å². The maximum atomic E-state index is 9.28. The largest absolute Gasteiger partial charge is 0.411 e. The Morgan fingerprint density at radius 1 is 1.37 bits per heavy atom. The summed E-state index contributed by atoms with van der Waals surface area (Å²) in [5.41, 5.74) is 2.59. The first-order valence-corrected chi connectivity index (χ1v) is 6.88. The molecular weight excluding hydrogens is 264 g/mol. The smallest absolute Gasteiger partial charge is 0.114 e. The minimum absolute atomic E-state index is 0.0509. The quantitative estimate of drug-likeness (QED) is 0.643. The molecule has 2 aliphatic rings. The Balaban J connectivity index is 1.86.